The van der Waals surface area contributed by atoms with Gasteiger partial charge in [0.05, 0.1) is 6.54 Å². The highest BCUT2D eigenvalue weighted by Gasteiger charge is 1.89. The minimum Gasteiger partial charge on any atom is -0.291 e. The Balaban J connectivity index is 2.59. The fourth-order valence-electron chi connectivity index (χ4n) is 0.800. The van der Waals surface area contributed by atoms with E-state index in [0.29, 0.717) is 6.54 Å². The normalized spacial score (nSPS) is 9.09. The van der Waals surface area contributed by atoms with Crippen molar-refractivity contribution in [3.8, 4) is 0 Å². The summed E-state index contributed by atoms with van der Waals surface area (Å²) >= 11 is 0. The molecule has 0 spiro atoms. The van der Waals surface area contributed by atoms with Gasteiger partial charge in [0.15, 0.2) is 0 Å². The third-order valence-electron chi connectivity index (χ3n) is 1.34. The van der Waals surface area contributed by atoms with Crippen molar-refractivity contribution < 1.29 is 4.99 Å². The Labute approximate surface area is 65.7 Å². The van der Waals surface area contributed by atoms with Crippen molar-refractivity contribution in [1.29, 1.82) is 0 Å². The van der Waals surface area contributed by atoms with Crippen LogP contribution in [0.15, 0.2) is 30.3 Å². The summed E-state index contributed by atoms with van der Waals surface area (Å²) in [4.78, 5) is 2.83. The van der Waals surface area contributed by atoms with Gasteiger partial charge in [-0.1, -0.05) is 30.3 Å². The molecular formula is C8H12N3+. The number of rotatable bonds is 2. The molecule has 0 fully saturated rings. The van der Waals surface area contributed by atoms with Gasteiger partial charge in [0, 0.05) is 0 Å². The molecule has 0 atom stereocenters. The number of nitrogens with two attached hydrogens (primary N) is 2. The van der Waals surface area contributed by atoms with Gasteiger partial charge >= 0.3 is 5.96 Å². The number of guanidine groups is 1. The predicted octanol–water partition coefficient (Wildman–Crippen LogP) is -1.46. The highest BCUT2D eigenvalue weighted by molar-refractivity contribution is 5.69. The lowest BCUT2D eigenvalue weighted by Crippen LogP contribution is -2.76. The Bertz CT molecular complexity index is 237. The zero-order chi connectivity index (χ0) is 8.10. The summed E-state index contributed by atoms with van der Waals surface area (Å²) in [6, 6.07) is 9.94. The first-order chi connectivity index (χ1) is 5.29. The molecule has 1 aromatic rings. The van der Waals surface area contributed by atoms with Gasteiger partial charge in [0.2, 0.25) is 0 Å². The summed E-state index contributed by atoms with van der Waals surface area (Å²) < 4.78 is 0. The lowest BCUT2D eigenvalue weighted by molar-refractivity contribution is -0.477. The van der Waals surface area contributed by atoms with Gasteiger partial charge in [-0.05, 0) is 5.56 Å². The van der Waals surface area contributed by atoms with E-state index in [9.17, 15) is 0 Å². The summed E-state index contributed by atoms with van der Waals surface area (Å²) in [5.74, 6) is 0.258. The molecule has 0 saturated heterocycles. The largest absolute Gasteiger partial charge is 0.339 e. The second-order valence-corrected chi connectivity index (χ2v) is 2.29. The Kier molecular flexibility index (Phi) is 2.49. The van der Waals surface area contributed by atoms with Gasteiger partial charge < -0.3 is 0 Å². The molecule has 5 N–H and O–H groups in total. The average molecular weight is 150 g/mol. The molecule has 0 saturated carbocycles. The van der Waals surface area contributed by atoms with Crippen molar-refractivity contribution in [3.05, 3.63) is 35.9 Å². The van der Waals surface area contributed by atoms with Gasteiger partial charge in [-0.15, -0.1) is 0 Å². The van der Waals surface area contributed by atoms with Gasteiger partial charge in [-0.3, -0.25) is 16.5 Å². The lowest BCUT2D eigenvalue weighted by atomic mass is 10.2. The van der Waals surface area contributed by atoms with E-state index in [-0.39, 0.29) is 5.96 Å². The zero-order valence-corrected chi connectivity index (χ0v) is 6.25. The quantitative estimate of drug-likeness (QED) is 0.356. The summed E-state index contributed by atoms with van der Waals surface area (Å²) in [5, 5.41) is 0. The molecule has 1 rings (SSSR count). The fraction of sp³-hybridized carbons (Fsp3) is 0.125. The summed E-state index contributed by atoms with van der Waals surface area (Å²) in [6.07, 6.45) is 0. The maximum atomic E-state index is 5.22. The predicted molar refractivity (Wildman–Crippen MR) is 44.5 cm³/mol. The molecule has 0 aliphatic heterocycles. The van der Waals surface area contributed by atoms with Crippen LogP contribution in [0.25, 0.3) is 0 Å². The molecule has 58 valence electrons. The Morgan fingerprint density at radius 1 is 1.18 bits per heavy atom. The minimum absolute atomic E-state index is 0.258. The van der Waals surface area contributed by atoms with Gasteiger partial charge in [-0.25, -0.2) is 0 Å². The van der Waals surface area contributed by atoms with Crippen LogP contribution in [0.2, 0.25) is 0 Å². The SMILES string of the molecule is NC(N)=[NH+]Cc1ccccc1. The molecule has 3 heteroatoms. The molecule has 0 aromatic heterocycles. The van der Waals surface area contributed by atoms with E-state index in [1.165, 1.54) is 5.56 Å². The molecule has 0 radical (unpaired) electrons. The van der Waals surface area contributed by atoms with Crippen LogP contribution in [0.3, 0.4) is 0 Å². The van der Waals surface area contributed by atoms with E-state index in [2.05, 4.69) is 4.99 Å². The van der Waals surface area contributed by atoms with Crippen molar-refractivity contribution in [1.82, 2.24) is 0 Å². The smallest absolute Gasteiger partial charge is 0.291 e. The highest BCUT2D eigenvalue weighted by Crippen LogP contribution is 1.93. The number of nitrogens with one attached hydrogen (secondary N) is 1. The first-order valence-electron chi connectivity index (χ1n) is 3.45. The van der Waals surface area contributed by atoms with E-state index >= 15 is 0 Å². The molecule has 0 unspecified atom stereocenters. The molecule has 0 aliphatic rings. The third kappa shape index (κ3) is 2.71. The molecule has 0 bridgehead atoms. The van der Waals surface area contributed by atoms with Crippen molar-refractivity contribution in [2.45, 2.75) is 6.54 Å². The number of hydrogen-bond donors (Lipinski definition) is 3. The minimum atomic E-state index is 0.258. The van der Waals surface area contributed by atoms with E-state index in [4.69, 9.17) is 11.5 Å². The van der Waals surface area contributed by atoms with Crippen LogP contribution in [-0.4, -0.2) is 5.96 Å². The number of hydrogen-bond acceptors (Lipinski definition) is 0. The van der Waals surface area contributed by atoms with Crippen LogP contribution in [0, 0.1) is 0 Å². The maximum absolute atomic E-state index is 5.22. The van der Waals surface area contributed by atoms with Crippen molar-refractivity contribution >= 4 is 5.96 Å². The molecule has 0 heterocycles. The zero-order valence-electron chi connectivity index (χ0n) is 6.25. The summed E-state index contributed by atoms with van der Waals surface area (Å²) in [7, 11) is 0. The average Bonchev–Trinajstić information content (AvgIpc) is 2.03. The Hall–Kier alpha value is -1.51. The summed E-state index contributed by atoms with van der Waals surface area (Å²) in [6.45, 7) is 0.684. The van der Waals surface area contributed by atoms with E-state index in [0.717, 1.165) is 0 Å². The van der Waals surface area contributed by atoms with Crippen LogP contribution >= 0.6 is 0 Å². The molecule has 0 aliphatic carbocycles. The molecule has 3 nitrogen and oxygen atoms in total. The first-order valence-corrected chi connectivity index (χ1v) is 3.45. The van der Waals surface area contributed by atoms with E-state index in [1.807, 2.05) is 30.3 Å². The summed E-state index contributed by atoms with van der Waals surface area (Å²) in [5.41, 5.74) is 11.6. The Morgan fingerprint density at radius 3 is 2.36 bits per heavy atom. The van der Waals surface area contributed by atoms with Crippen LogP contribution in [0.5, 0.6) is 0 Å². The van der Waals surface area contributed by atoms with Crippen LogP contribution in [-0.2, 0) is 6.54 Å². The van der Waals surface area contributed by atoms with Crippen LogP contribution in [0.1, 0.15) is 5.56 Å². The molecule has 11 heavy (non-hydrogen) atoms. The van der Waals surface area contributed by atoms with Crippen LogP contribution < -0.4 is 16.5 Å². The van der Waals surface area contributed by atoms with E-state index < -0.39 is 0 Å². The van der Waals surface area contributed by atoms with Crippen molar-refractivity contribution in [2.75, 3.05) is 0 Å². The lowest BCUT2D eigenvalue weighted by Gasteiger charge is -1.92. The molecule has 0 amide bonds. The van der Waals surface area contributed by atoms with Gasteiger partial charge in [0.1, 0.15) is 0 Å². The van der Waals surface area contributed by atoms with Crippen molar-refractivity contribution in [3.63, 3.8) is 0 Å². The molecular weight excluding hydrogens is 138 g/mol. The molecule has 1 aromatic carbocycles. The van der Waals surface area contributed by atoms with Crippen molar-refractivity contribution in [2.24, 2.45) is 11.5 Å². The van der Waals surface area contributed by atoms with Crippen LogP contribution in [0.4, 0.5) is 0 Å². The monoisotopic (exact) mass is 150 g/mol. The first kappa shape index (κ1) is 7.60. The second kappa shape index (κ2) is 3.61. The highest BCUT2D eigenvalue weighted by atomic mass is 15.0. The van der Waals surface area contributed by atoms with Gasteiger partial charge in [0.25, 0.3) is 0 Å². The second-order valence-electron chi connectivity index (χ2n) is 2.29. The standard InChI is InChI=1S/C8H11N3/c9-8(10)11-6-7-4-2-1-3-5-7/h1-5H,6H2,(H4,9,10,11)/p+1. The van der Waals surface area contributed by atoms with Gasteiger partial charge in [-0.2, -0.15) is 0 Å². The van der Waals surface area contributed by atoms with E-state index in [1.54, 1.807) is 0 Å². The Morgan fingerprint density at radius 2 is 1.82 bits per heavy atom. The fourth-order valence-corrected chi connectivity index (χ4v) is 0.800. The number of benzene rings is 1. The maximum Gasteiger partial charge on any atom is 0.339 e. The topological polar surface area (TPSA) is 66.0 Å². The third-order valence-corrected chi connectivity index (χ3v) is 1.34.